The number of carbonyl (C=O) groups is 1. The highest BCUT2D eigenvalue weighted by Crippen LogP contribution is 2.29. The van der Waals surface area contributed by atoms with E-state index in [1.807, 2.05) is 44.2 Å². The molecule has 2 aromatic rings. The summed E-state index contributed by atoms with van der Waals surface area (Å²) in [6, 6.07) is 11.7. The van der Waals surface area contributed by atoms with Gasteiger partial charge in [0.1, 0.15) is 6.10 Å². The fraction of sp³-hybridized carbons (Fsp3) is 0.235. The first-order valence-electron chi connectivity index (χ1n) is 6.72. The van der Waals surface area contributed by atoms with E-state index in [9.17, 15) is 9.90 Å². The Morgan fingerprint density at radius 1 is 1.05 bits per heavy atom. The largest absolute Gasteiger partial charge is 0.384 e. The summed E-state index contributed by atoms with van der Waals surface area (Å²) >= 11 is 0. The quantitative estimate of drug-likeness (QED) is 0.879. The molecule has 0 aromatic heterocycles. The van der Waals surface area contributed by atoms with Crippen LogP contribution in [0.15, 0.2) is 36.4 Å². The standard InChI is InChI=1S/C17H17NO2/c1-10-5-11(2)7-14(6-10)17(20)12-3-4-15-13(8-12)9-16(19)18-15/h3-8,17,20H,9H2,1-2H3,(H,18,19). The zero-order chi connectivity index (χ0) is 14.3. The lowest BCUT2D eigenvalue weighted by Gasteiger charge is -2.14. The molecule has 1 amide bonds. The second-order valence-electron chi connectivity index (χ2n) is 5.47. The molecule has 0 bridgehead atoms. The summed E-state index contributed by atoms with van der Waals surface area (Å²) in [6.07, 6.45) is -0.266. The predicted octanol–water partition coefficient (Wildman–Crippen LogP) is 2.88. The summed E-state index contributed by atoms with van der Waals surface area (Å²) in [6.45, 7) is 4.04. The third kappa shape index (κ3) is 2.32. The van der Waals surface area contributed by atoms with Crippen molar-refractivity contribution in [1.82, 2.24) is 0 Å². The van der Waals surface area contributed by atoms with Crippen molar-refractivity contribution in [3.05, 3.63) is 64.2 Å². The Kier molecular flexibility index (Phi) is 3.07. The maximum Gasteiger partial charge on any atom is 0.228 e. The molecule has 2 N–H and O–H groups in total. The van der Waals surface area contributed by atoms with Crippen LogP contribution in [0.1, 0.15) is 33.9 Å². The SMILES string of the molecule is Cc1cc(C)cc(C(O)c2ccc3c(c2)CC(=O)N3)c1. The number of carbonyl (C=O) groups excluding carboxylic acids is 1. The molecule has 3 heteroatoms. The van der Waals surface area contributed by atoms with Gasteiger partial charge in [-0.15, -0.1) is 0 Å². The van der Waals surface area contributed by atoms with E-state index in [1.165, 1.54) is 0 Å². The molecule has 102 valence electrons. The van der Waals surface area contributed by atoms with E-state index in [0.29, 0.717) is 6.42 Å². The molecule has 20 heavy (non-hydrogen) atoms. The first-order chi connectivity index (χ1) is 9.52. The van der Waals surface area contributed by atoms with Crippen molar-refractivity contribution in [3.8, 4) is 0 Å². The van der Waals surface area contributed by atoms with E-state index < -0.39 is 6.10 Å². The smallest absolute Gasteiger partial charge is 0.228 e. The van der Waals surface area contributed by atoms with E-state index >= 15 is 0 Å². The van der Waals surface area contributed by atoms with Gasteiger partial charge in [-0.2, -0.15) is 0 Å². The minimum absolute atomic E-state index is 0.0121. The molecule has 2 aromatic carbocycles. The van der Waals surface area contributed by atoms with Gasteiger partial charge in [-0.1, -0.05) is 41.5 Å². The second-order valence-corrected chi connectivity index (χ2v) is 5.47. The minimum Gasteiger partial charge on any atom is -0.384 e. The second kappa shape index (κ2) is 4.76. The van der Waals surface area contributed by atoms with E-state index in [0.717, 1.165) is 33.5 Å². The van der Waals surface area contributed by atoms with Gasteiger partial charge >= 0.3 is 0 Å². The van der Waals surface area contributed by atoms with Gasteiger partial charge in [0.2, 0.25) is 5.91 Å². The number of benzene rings is 2. The summed E-state index contributed by atoms with van der Waals surface area (Å²) in [4.78, 5) is 11.4. The van der Waals surface area contributed by atoms with Crippen LogP contribution in [0.4, 0.5) is 5.69 Å². The number of aliphatic hydroxyl groups excluding tert-OH is 1. The van der Waals surface area contributed by atoms with E-state index in [2.05, 4.69) is 11.4 Å². The summed E-state index contributed by atoms with van der Waals surface area (Å²) in [7, 11) is 0. The molecule has 0 saturated heterocycles. The van der Waals surface area contributed by atoms with E-state index in [-0.39, 0.29) is 5.91 Å². The maximum atomic E-state index is 11.4. The van der Waals surface area contributed by atoms with Gasteiger partial charge in [-0.25, -0.2) is 0 Å². The van der Waals surface area contributed by atoms with Gasteiger partial charge < -0.3 is 10.4 Å². The molecule has 0 radical (unpaired) electrons. The number of nitrogens with one attached hydrogen (secondary N) is 1. The molecule has 3 rings (SSSR count). The molecular formula is C17H17NO2. The summed E-state index contributed by atoms with van der Waals surface area (Å²) in [5.41, 5.74) is 5.79. The topological polar surface area (TPSA) is 49.3 Å². The van der Waals surface area contributed by atoms with Crippen molar-refractivity contribution in [1.29, 1.82) is 0 Å². The molecule has 0 aliphatic carbocycles. The zero-order valence-corrected chi connectivity index (χ0v) is 11.6. The fourth-order valence-electron chi connectivity index (χ4n) is 2.78. The average Bonchev–Trinajstić information content (AvgIpc) is 2.75. The third-order valence-corrected chi connectivity index (χ3v) is 3.63. The molecule has 0 saturated carbocycles. The maximum absolute atomic E-state index is 11.4. The Bertz CT molecular complexity index is 671. The van der Waals surface area contributed by atoms with Crippen molar-refractivity contribution in [2.45, 2.75) is 26.4 Å². The molecule has 1 atom stereocenters. The first kappa shape index (κ1) is 12.9. The molecule has 1 aliphatic rings. The molecule has 1 heterocycles. The highest BCUT2D eigenvalue weighted by molar-refractivity contribution is 5.99. The summed E-state index contributed by atoms with van der Waals surface area (Å²) in [5, 5.41) is 13.3. The first-order valence-corrected chi connectivity index (χ1v) is 6.72. The van der Waals surface area contributed by atoms with Gasteiger partial charge in [0.15, 0.2) is 0 Å². The van der Waals surface area contributed by atoms with Crippen LogP contribution in [0, 0.1) is 13.8 Å². The van der Waals surface area contributed by atoms with Crippen molar-refractivity contribution in [2.24, 2.45) is 0 Å². The number of aryl methyl sites for hydroxylation is 2. The number of hydrogen-bond donors (Lipinski definition) is 2. The van der Waals surface area contributed by atoms with Crippen molar-refractivity contribution < 1.29 is 9.90 Å². The van der Waals surface area contributed by atoms with Crippen molar-refractivity contribution in [3.63, 3.8) is 0 Å². The molecular weight excluding hydrogens is 250 g/mol. The lowest BCUT2D eigenvalue weighted by Crippen LogP contribution is -2.03. The number of anilines is 1. The van der Waals surface area contributed by atoms with Crippen LogP contribution in [0.3, 0.4) is 0 Å². The van der Waals surface area contributed by atoms with Crippen LogP contribution < -0.4 is 5.32 Å². The summed E-state index contributed by atoms with van der Waals surface area (Å²) < 4.78 is 0. The highest BCUT2D eigenvalue weighted by atomic mass is 16.3. The Morgan fingerprint density at radius 2 is 1.75 bits per heavy atom. The number of rotatable bonds is 2. The van der Waals surface area contributed by atoms with Crippen LogP contribution in [0.2, 0.25) is 0 Å². The Hall–Kier alpha value is -2.13. The summed E-state index contributed by atoms with van der Waals surface area (Å²) in [5.74, 6) is 0.0121. The Balaban J connectivity index is 1.97. The average molecular weight is 267 g/mol. The zero-order valence-electron chi connectivity index (χ0n) is 11.6. The highest BCUT2D eigenvalue weighted by Gasteiger charge is 2.20. The van der Waals surface area contributed by atoms with Crippen molar-refractivity contribution >= 4 is 11.6 Å². The van der Waals surface area contributed by atoms with E-state index in [1.54, 1.807) is 0 Å². The number of fused-ring (bicyclic) bond motifs is 1. The van der Waals surface area contributed by atoms with E-state index in [4.69, 9.17) is 0 Å². The molecule has 3 nitrogen and oxygen atoms in total. The van der Waals surface area contributed by atoms with Crippen LogP contribution >= 0.6 is 0 Å². The Morgan fingerprint density at radius 3 is 2.45 bits per heavy atom. The lowest BCUT2D eigenvalue weighted by atomic mass is 9.96. The monoisotopic (exact) mass is 267 g/mol. The van der Waals surface area contributed by atoms with Crippen LogP contribution in [0.25, 0.3) is 0 Å². The van der Waals surface area contributed by atoms with Gasteiger partial charge in [-0.05, 0) is 36.6 Å². The fourth-order valence-corrected chi connectivity index (χ4v) is 2.78. The van der Waals surface area contributed by atoms with Crippen LogP contribution in [-0.4, -0.2) is 11.0 Å². The number of amides is 1. The predicted molar refractivity (Wildman–Crippen MR) is 78.8 cm³/mol. The van der Waals surface area contributed by atoms with Gasteiger partial charge in [0, 0.05) is 5.69 Å². The molecule has 1 unspecified atom stereocenters. The normalized spacial score (nSPS) is 14.8. The molecule has 1 aliphatic heterocycles. The van der Waals surface area contributed by atoms with Crippen molar-refractivity contribution in [2.75, 3.05) is 5.32 Å². The Labute approximate surface area is 118 Å². The number of hydrogen-bond acceptors (Lipinski definition) is 2. The third-order valence-electron chi connectivity index (χ3n) is 3.63. The van der Waals surface area contributed by atoms with Crippen LogP contribution in [0.5, 0.6) is 0 Å². The lowest BCUT2D eigenvalue weighted by molar-refractivity contribution is -0.115. The number of aliphatic hydroxyl groups is 1. The van der Waals surface area contributed by atoms with Gasteiger partial charge in [0.05, 0.1) is 6.42 Å². The van der Waals surface area contributed by atoms with Gasteiger partial charge in [-0.3, -0.25) is 4.79 Å². The minimum atomic E-state index is -0.658. The van der Waals surface area contributed by atoms with Crippen LogP contribution in [-0.2, 0) is 11.2 Å². The molecule has 0 fully saturated rings. The molecule has 0 spiro atoms. The van der Waals surface area contributed by atoms with Gasteiger partial charge in [0.25, 0.3) is 0 Å².